The quantitative estimate of drug-likeness (QED) is 0.729. The van der Waals surface area contributed by atoms with E-state index in [0.29, 0.717) is 11.3 Å². The first-order chi connectivity index (χ1) is 10.7. The van der Waals surface area contributed by atoms with E-state index in [4.69, 9.17) is 5.73 Å². The third-order valence-corrected chi connectivity index (χ3v) is 3.61. The molecule has 1 aliphatic carbocycles. The summed E-state index contributed by atoms with van der Waals surface area (Å²) in [5.41, 5.74) is 10.1. The van der Waals surface area contributed by atoms with E-state index in [2.05, 4.69) is 24.0 Å². The molecule has 2 aromatic heterocycles. The first-order valence-corrected chi connectivity index (χ1v) is 7.49. The predicted molar refractivity (Wildman–Crippen MR) is 89.0 cm³/mol. The van der Waals surface area contributed by atoms with Crippen molar-refractivity contribution < 1.29 is 4.79 Å². The average molecular weight is 293 g/mol. The lowest BCUT2D eigenvalue weighted by atomic mass is 10.0. The fourth-order valence-corrected chi connectivity index (χ4v) is 2.25. The molecule has 0 bridgehead atoms. The maximum Gasteiger partial charge on any atom is 0.170 e. The molecule has 1 saturated carbocycles. The maximum absolute atomic E-state index is 11.1. The van der Waals surface area contributed by atoms with Gasteiger partial charge in [-0.2, -0.15) is 0 Å². The molecule has 0 saturated heterocycles. The van der Waals surface area contributed by atoms with Crippen LogP contribution < -0.4 is 5.73 Å². The van der Waals surface area contributed by atoms with Crippen LogP contribution in [0, 0.1) is 6.92 Å². The number of carbonyl (C=O) groups excluding carboxylic acids is 1. The lowest BCUT2D eigenvalue weighted by Crippen LogP contribution is -1.95. The summed E-state index contributed by atoms with van der Waals surface area (Å²) in [5, 5.41) is 0. The molecule has 2 N–H and O–H groups in total. The fourth-order valence-electron chi connectivity index (χ4n) is 2.25. The normalized spacial score (nSPS) is 12.6. The van der Waals surface area contributed by atoms with Crippen LogP contribution in [0.25, 0.3) is 16.8 Å². The molecule has 112 valence electrons. The van der Waals surface area contributed by atoms with E-state index in [9.17, 15) is 4.79 Å². The topological polar surface area (TPSA) is 60.4 Å². The number of pyridine rings is 1. The Morgan fingerprint density at radius 2 is 1.86 bits per heavy atom. The van der Waals surface area contributed by atoms with Gasteiger partial charge in [0.25, 0.3) is 0 Å². The highest BCUT2D eigenvalue weighted by molar-refractivity contribution is 5.82. The van der Waals surface area contributed by atoms with Gasteiger partial charge in [0.15, 0.2) is 12.1 Å². The first-order valence-electron chi connectivity index (χ1n) is 7.49. The van der Waals surface area contributed by atoms with Gasteiger partial charge in [-0.1, -0.05) is 43.5 Å². The first kappa shape index (κ1) is 14.3. The summed E-state index contributed by atoms with van der Waals surface area (Å²) in [6.45, 7) is 2.06. The van der Waals surface area contributed by atoms with Crippen LogP contribution in [-0.2, 0) is 0 Å². The van der Waals surface area contributed by atoms with Gasteiger partial charge < -0.3 is 5.73 Å². The minimum Gasteiger partial charge on any atom is -0.382 e. The van der Waals surface area contributed by atoms with Gasteiger partial charge in [-0.3, -0.25) is 9.20 Å². The average Bonchev–Trinajstić information content (AvgIpc) is 3.36. The lowest BCUT2D eigenvalue weighted by Gasteiger charge is -2.06. The van der Waals surface area contributed by atoms with Crippen LogP contribution in [0.15, 0.2) is 42.6 Å². The fraction of sp³-hybridized carbons (Fsp3) is 0.222. The molecule has 0 unspecified atom stereocenters. The SMILES string of the molecule is C1CC1.Cc1ccccc1-c1ccc2nc(N)c(C=O)n2c1. The second-order valence-corrected chi connectivity index (χ2v) is 5.52. The number of imidazole rings is 1. The van der Waals surface area contributed by atoms with E-state index in [-0.39, 0.29) is 5.82 Å². The van der Waals surface area contributed by atoms with E-state index < -0.39 is 0 Å². The molecule has 0 atom stereocenters. The number of aryl methyl sites for hydroxylation is 1. The molecule has 0 amide bonds. The molecule has 1 aromatic carbocycles. The Bertz CT molecular complexity index is 816. The number of aromatic nitrogens is 2. The number of carbonyl (C=O) groups is 1. The van der Waals surface area contributed by atoms with Crippen LogP contribution in [0.2, 0.25) is 0 Å². The molecule has 4 nitrogen and oxygen atoms in total. The summed E-state index contributed by atoms with van der Waals surface area (Å²) in [4.78, 5) is 15.2. The van der Waals surface area contributed by atoms with Gasteiger partial charge in [-0.25, -0.2) is 4.98 Å². The minimum atomic E-state index is 0.261. The van der Waals surface area contributed by atoms with Crippen molar-refractivity contribution in [2.75, 3.05) is 5.73 Å². The highest BCUT2D eigenvalue weighted by Crippen LogP contribution is 2.24. The van der Waals surface area contributed by atoms with Crippen molar-refractivity contribution >= 4 is 17.8 Å². The van der Waals surface area contributed by atoms with Gasteiger partial charge in [-0.05, 0) is 35.7 Å². The predicted octanol–water partition coefficient (Wildman–Crippen LogP) is 3.87. The van der Waals surface area contributed by atoms with Crippen molar-refractivity contribution in [3.63, 3.8) is 0 Å². The minimum absolute atomic E-state index is 0.261. The zero-order valence-electron chi connectivity index (χ0n) is 12.6. The number of nitrogens with zero attached hydrogens (tertiary/aromatic N) is 2. The lowest BCUT2D eigenvalue weighted by molar-refractivity contribution is 0.111. The number of aldehydes is 1. The number of nitrogens with two attached hydrogens (primary N) is 1. The van der Waals surface area contributed by atoms with Gasteiger partial charge >= 0.3 is 0 Å². The Morgan fingerprint density at radius 3 is 2.50 bits per heavy atom. The summed E-state index contributed by atoms with van der Waals surface area (Å²) in [7, 11) is 0. The van der Waals surface area contributed by atoms with Crippen molar-refractivity contribution in [1.82, 2.24) is 9.38 Å². The third-order valence-electron chi connectivity index (χ3n) is 3.61. The van der Waals surface area contributed by atoms with Gasteiger partial charge in [0.1, 0.15) is 11.3 Å². The number of benzene rings is 1. The van der Waals surface area contributed by atoms with Crippen molar-refractivity contribution in [1.29, 1.82) is 0 Å². The summed E-state index contributed by atoms with van der Waals surface area (Å²) in [6, 6.07) is 12.0. The summed E-state index contributed by atoms with van der Waals surface area (Å²) < 4.78 is 1.73. The highest BCUT2D eigenvalue weighted by Gasteiger charge is 2.10. The number of hydrogen-bond donors (Lipinski definition) is 1. The molecule has 1 fully saturated rings. The Balaban J connectivity index is 0.000000429. The Kier molecular flexibility index (Phi) is 3.92. The number of anilines is 1. The van der Waals surface area contributed by atoms with E-state index in [1.54, 1.807) is 4.40 Å². The molecular weight excluding hydrogens is 274 g/mol. The van der Waals surface area contributed by atoms with E-state index in [1.807, 2.05) is 30.5 Å². The van der Waals surface area contributed by atoms with Crippen LogP contribution in [0.3, 0.4) is 0 Å². The van der Waals surface area contributed by atoms with E-state index in [1.165, 1.54) is 24.8 Å². The number of rotatable bonds is 2. The van der Waals surface area contributed by atoms with Gasteiger partial charge in [-0.15, -0.1) is 0 Å². The van der Waals surface area contributed by atoms with Crippen LogP contribution in [0.4, 0.5) is 5.82 Å². The molecule has 2 heterocycles. The molecular formula is C18H19N3O. The van der Waals surface area contributed by atoms with E-state index >= 15 is 0 Å². The van der Waals surface area contributed by atoms with Gasteiger partial charge in [0, 0.05) is 6.20 Å². The number of hydrogen-bond acceptors (Lipinski definition) is 3. The van der Waals surface area contributed by atoms with Crippen molar-refractivity contribution in [3.8, 4) is 11.1 Å². The van der Waals surface area contributed by atoms with E-state index in [0.717, 1.165) is 17.4 Å². The summed E-state index contributed by atoms with van der Waals surface area (Å²) in [6.07, 6.45) is 7.13. The van der Waals surface area contributed by atoms with Gasteiger partial charge in [0.2, 0.25) is 0 Å². The highest BCUT2D eigenvalue weighted by atomic mass is 16.1. The molecule has 3 aromatic rings. The Labute approximate surface area is 129 Å². The molecule has 22 heavy (non-hydrogen) atoms. The monoisotopic (exact) mass is 293 g/mol. The second kappa shape index (κ2) is 6.02. The maximum atomic E-state index is 11.1. The molecule has 0 spiro atoms. The van der Waals surface area contributed by atoms with Crippen molar-refractivity contribution in [2.45, 2.75) is 26.2 Å². The smallest absolute Gasteiger partial charge is 0.170 e. The van der Waals surface area contributed by atoms with Gasteiger partial charge in [0.05, 0.1) is 0 Å². The summed E-state index contributed by atoms with van der Waals surface area (Å²) >= 11 is 0. The zero-order chi connectivity index (χ0) is 15.5. The molecule has 0 aliphatic heterocycles. The third kappa shape index (κ3) is 2.86. The second-order valence-electron chi connectivity index (χ2n) is 5.52. The van der Waals surface area contributed by atoms with Crippen LogP contribution >= 0.6 is 0 Å². The van der Waals surface area contributed by atoms with Crippen molar-refractivity contribution in [2.24, 2.45) is 0 Å². The Hall–Kier alpha value is -2.62. The largest absolute Gasteiger partial charge is 0.382 e. The zero-order valence-corrected chi connectivity index (χ0v) is 12.6. The van der Waals surface area contributed by atoms with Crippen LogP contribution in [0.5, 0.6) is 0 Å². The van der Waals surface area contributed by atoms with Crippen molar-refractivity contribution in [3.05, 3.63) is 53.9 Å². The van der Waals surface area contributed by atoms with Crippen LogP contribution in [-0.4, -0.2) is 15.7 Å². The summed E-state index contributed by atoms with van der Waals surface area (Å²) in [5.74, 6) is 0.261. The molecule has 0 radical (unpaired) electrons. The molecule has 1 aliphatic rings. The molecule has 4 heteroatoms. The number of fused-ring (bicyclic) bond motifs is 1. The Morgan fingerprint density at radius 1 is 1.14 bits per heavy atom. The number of nitrogen functional groups attached to an aromatic ring is 1. The van der Waals surface area contributed by atoms with Crippen LogP contribution in [0.1, 0.15) is 35.3 Å². The standard InChI is InChI=1S/C15H13N3O.C3H6/c1-10-4-2-3-5-12(10)11-6-7-14-17-15(16)13(9-19)18(14)8-11;1-2-3-1/h2-9H,16H2,1H3;1-3H2. The molecule has 4 rings (SSSR count).